The second kappa shape index (κ2) is 1.88. The highest BCUT2D eigenvalue weighted by Gasteiger charge is 2.28. The van der Waals surface area contributed by atoms with Gasteiger partial charge in [0, 0.05) is 11.8 Å². The van der Waals surface area contributed by atoms with Crippen LogP contribution in [0.15, 0.2) is 0 Å². The van der Waals surface area contributed by atoms with E-state index in [1.165, 1.54) is 12.8 Å². The van der Waals surface area contributed by atoms with Crippen molar-refractivity contribution in [3.63, 3.8) is 0 Å². The van der Waals surface area contributed by atoms with Gasteiger partial charge in [-0.05, 0) is 19.5 Å². The first-order valence-corrected chi connectivity index (χ1v) is 5.60. The molecule has 1 aliphatic heterocycles. The summed E-state index contributed by atoms with van der Waals surface area (Å²) >= 11 is 0. The molecule has 0 radical (unpaired) electrons. The lowest BCUT2D eigenvalue weighted by atomic mass is 10.3. The van der Waals surface area contributed by atoms with E-state index in [1.807, 2.05) is 6.66 Å². The van der Waals surface area contributed by atoms with Gasteiger partial charge in [0.1, 0.15) is 0 Å². The molecular weight excluding hydrogens is 119 g/mol. The van der Waals surface area contributed by atoms with E-state index in [4.69, 9.17) is 0 Å². The van der Waals surface area contributed by atoms with Crippen LogP contribution in [0.1, 0.15) is 19.8 Å². The van der Waals surface area contributed by atoms with Gasteiger partial charge in [-0.2, -0.15) is 0 Å². The van der Waals surface area contributed by atoms with Gasteiger partial charge in [-0.15, -0.1) is 0 Å². The van der Waals surface area contributed by atoms with E-state index in [-0.39, 0.29) is 0 Å². The first kappa shape index (κ1) is 6.35. The highest BCUT2D eigenvalue weighted by Crippen LogP contribution is 2.54. The van der Waals surface area contributed by atoms with Gasteiger partial charge < -0.3 is 4.57 Å². The zero-order valence-corrected chi connectivity index (χ0v) is 6.45. The third-order valence-electron chi connectivity index (χ3n) is 2.16. The van der Waals surface area contributed by atoms with Crippen LogP contribution in [0.4, 0.5) is 0 Å². The van der Waals surface area contributed by atoms with Crippen molar-refractivity contribution in [2.45, 2.75) is 25.4 Å². The van der Waals surface area contributed by atoms with Crippen molar-refractivity contribution < 1.29 is 4.57 Å². The second-order valence-electron chi connectivity index (χ2n) is 2.89. The van der Waals surface area contributed by atoms with Gasteiger partial charge >= 0.3 is 0 Å². The Morgan fingerprint density at radius 2 is 2.25 bits per heavy atom. The third kappa shape index (κ3) is 0.974. The van der Waals surface area contributed by atoms with Gasteiger partial charge in [-0.1, -0.05) is 6.92 Å². The monoisotopic (exact) mass is 132 g/mol. The van der Waals surface area contributed by atoms with Crippen molar-refractivity contribution in [2.24, 2.45) is 0 Å². The number of hydrogen-bond donors (Lipinski definition) is 0. The smallest absolute Gasteiger partial charge is 0.0874 e. The lowest BCUT2D eigenvalue weighted by Gasteiger charge is -2.07. The van der Waals surface area contributed by atoms with Crippen LogP contribution in [0.2, 0.25) is 0 Å². The minimum Gasteiger partial charge on any atom is -0.324 e. The maximum Gasteiger partial charge on any atom is 0.0874 e. The molecule has 1 nitrogen and oxygen atoms in total. The Kier molecular flexibility index (Phi) is 1.49. The molecule has 2 heteroatoms. The molecule has 2 atom stereocenters. The molecule has 0 N–H and O–H groups in total. The van der Waals surface area contributed by atoms with Crippen molar-refractivity contribution in [2.75, 3.05) is 12.8 Å². The molecule has 0 aromatic heterocycles. The average Bonchev–Trinajstić information content (AvgIpc) is 1.86. The summed E-state index contributed by atoms with van der Waals surface area (Å²) in [5.41, 5.74) is 0.516. The summed E-state index contributed by atoms with van der Waals surface area (Å²) in [5, 5.41) is 0. The fraction of sp³-hybridized carbons (Fsp3) is 1.00. The predicted octanol–water partition coefficient (Wildman–Crippen LogP) is 2.16. The molecule has 0 aromatic carbocycles. The Bertz CT molecular complexity index is 130. The fourth-order valence-electron chi connectivity index (χ4n) is 1.19. The van der Waals surface area contributed by atoms with Gasteiger partial charge in [0.25, 0.3) is 0 Å². The summed E-state index contributed by atoms with van der Waals surface area (Å²) in [6, 6.07) is 0. The Labute approximate surface area is 50.8 Å². The first-order chi connectivity index (χ1) is 3.63. The first-order valence-electron chi connectivity index (χ1n) is 3.19. The van der Waals surface area contributed by atoms with E-state index >= 15 is 0 Å². The van der Waals surface area contributed by atoms with Gasteiger partial charge in [0.15, 0.2) is 0 Å². The third-order valence-corrected chi connectivity index (χ3v) is 5.48. The zero-order valence-electron chi connectivity index (χ0n) is 5.55. The van der Waals surface area contributed by atoms with E-state index in [2.05, 4.69) is 6.92 Å². The van der Waals surface area contributed by atoms with Crippen LogP contribution in [0.5, 0.6) is 0 Å². The second-order valence-corrected chi connectivity index (χ2v) is 6.57. The summed E-state index contributed by atoms with van der Waals surface area (Å²) in [7, 11) is -1.63. The fourth-order valence-corrected chi connectivity index (χ4v) is 3.17. The van der Waals surface area contributed by atoms with Crippen LogP contribution < -0.4 is 0 Å². The van der Waals surface area contributed by atoms with Crippen molar-refractivity contribution in [1.82, 2.24) is 0 Å². The molecule has 0 aromatic rings. The van der Waals surface area contributed by atoms with Crippen molar-refractivity contribution in [1.29, 1.82) is 0 Å². The molecule has 1 fully saturated rings. The summed E-state index contributed by atoms with van der Waals surface area (Å²) in [4.78, 5) is 0. The topological polar surface area (TPSA) is 17.1 Å². The average molecular weight is 132 g/mol. The number of hydrogen-bond acceptors (Lipinski definition) is 1. The maximum absolute atomic E-state index is 11.3. The summed E-state index contributed by atoms with van der Waals surface area (Å²) in [6.45, 7) is 4.04. The molecule has 8 heavy (non-hydrogen) atoms. The van der Waals surface area contributed by atoms with Gasteiger partial charge in [0.2, 0.25) is 0 Å². The van der Waals surface area contributed by atoms with E-state index in [0.717, 1.165) is 6.16 Å². The molecule has 0 spiro atoms. The summed E-state index contributed by atoms with van der Waals surface area (Å²) in [5.74, 6) is 0. The normalized spacial score (nSPS) is 47.5. The Morgan fingerprint density at radius 3 is 2.38 bits per heavy atom. The Balaban J connectivity index is 2.69. The minimum atomic E-state index is -1.63. The molecule has 1 saturated heterocycles. The van der Waals surface area contributed by atoms with E-state index in [9.17, 15) is 4.57 Å². The highest BCUT2D eigenvalue weighted by molar-refractivity contribution is 7.64. The van der Waals surface area contributed by atoms with Gasteiger partial charge in [0.05, 0.1) is 7.14 Å². The van der Waals surface area contributed by atoms with E-state index in [1.54, 1.807) is 0 Å². The van der Waals surface area contributed by atoms with Crippen LogP contribution in [0.3, 0.4) is 0 Å². The molecule has 1 rings (SSSR count). The quantitative estimate of drug-likeness (QED) is 0.461. The van der Waals surface area contributed by atoms with Crippen LogP contribution in [0.25, 0.3) is 0 Å². The van der Waals surface area contributed by atoms with Crippen LogP contribution in [-0.2, 0) is 4.57 Å². The lowest BCUT2D eigenvalue weighted by molar-refractivity contribution is 0.576. The van der Waals surface area contributed by atoms with E-state index < -0.39 is 7.14 Å². The summed E-state index contributed by atoms with van der Waals surface area (Å²) in [6.07, 6.45) is 3.37. The minimum absolute atomic E-state index is 0.516. The van der Waals surface area contributed by atoms with Crippen molar-refractivity contribution in [3.8, 4) is 0 Å². The zero-order chi connectivity index (χ0) is 6.20. The lowest BCUT2D eigenvalue weighted by Crippen LogP contribution is -1.92. The van der Waals surface area contributed by atoms with E-state index in [0.29, 0.717) is 5.66 Å². The summed E-state index contributed by atoms with van der Waals surface area (Å²) < 4.78 is 11.3. The molecule has 2 unspecified atom stereocenters. The molecular formula is C6H13OP. The number of rotatable bonds is 0. The predicted molar refractivity (Wildman–Crippen MR) is 37.1 cm³/mol. The van der Waals surface area contributed by atoms with Gasteiger partial charge in [-0.3, -0.25) is 0 Å². The van der Waals surface area contributed by atoms with Crippen molar-refractivity contribution in [3.05, 3.63) is 0 Å². The molecule has 0 saturated carbocycles. The standard InChI is InChI=1S/C6H13OP/c1-6-4-3-5-8(6,2)7/h6H,3-5H2,1-2H3. The maximum atomic E-state index is 11.3. The van der Waals surface area contributed by atoms with Crippen molar-refractivity contribution >= 4 is 7.14 Å². The van der Waals surface area contributed by atoms with Crippen LogP contribution in [0, 0.1) is 0 Å². The van der Waals surface area contributed by atoms with Gasteiger partial charge in [-0.25, -0.2) is 0 Å². The highest BCUT2D eigenvalue weighted by atomic mass is 31.2. The Morgan fingerprint density at radius 1 is 1.62 bits per heavy atom. The largest absolute Gasteiger partial charge is 0.324 e. The molecule has 1 aliphatic rings. The molecule has 1 heterocycles. The SMILES string of the molecule is CC1CCCP1(C)=O. The Hall–Kier alpha value is 0.230. The molecule has 0 bridgehead atoms. The van der Waals surface area contributed by atoms with Crippen LogP contribution >= 0.6 is 7.14 Å². The molecule has 48 valence electrons. The molecule has 0 amide bonds. The van der Waals surface area contributed by atoms with Crippen LogP contribution in [-0.4, -0.2) is 18.5 Å². The molecule has 0 aliphatic carbocycles.